The Morgan fingerprint density at radius 3 is 2.67 bits per heavy atom. The second-order valence-corrected chi connectivity index (χ2v) is 8.88. The molecule has 0 bridgehead atoms. The number of ether oxygens (including phenoxy) is 2. The van der Waals surface area contributed by atoms with Crippen molar-refractivity contribution in [2.45, 2.75) is 11.4 Å². The largest absolute Gasteiger partial charge is 0.495 e. The minimum absolute atomic E-state index is 0.0607. The van der Waals surface area contributed by atoms with Gasteiger partial charge in [-0.2, -0.15) is 4.31 Å². The van der Waals surface area contributed by atoms with E-state index in [-0.39, 0.29) is 29.6 Å². The lowest BCUT2D eigenvalue weighted by atomic mass is 10.2. The molecule has 1 aliphatic heterocycles. The molecule has 1 heterocycles. The van der Waals surface area contributed by atoms with Gasteiger partial charge in [0.1, 0.15) is 10.6 Å². The topological polar surface area (TPSA) is 84.9 Å². The van der Waals surface area contributed by atoms with Gasteiger partial charge in [0.15, 0.2) is 0 Å². The molecule has 7 nitrogen and oxygen atoms in total. The first kappa shape index (κ1) is 22.3. The zero-order valence-corrected chi connectivity index (χ0v) is 18.1. The summed E-state index contributed by atoms with van der Waals surface area (Å²) in [7, 11) is -2.32. The van der Waals surface area contributed by atoms with Crippen LogP contribution in [0, 0.1) is 0 Å². The Labute approximate surface area is 181 Å². The summed E-state index contributed by atoms with van der Waals surface area (Å²) in [5, 5.41) is 3.33. The first-order valence-corrected chi connectivity index (χ1v) is 11.2. The fraction of sp³-hybridized carbons (Fsp3) is 0.286. The van der Waals surface area contributed by atoms with Crippen LogP contribution in [-0.4, -0.2) is 52.0 Å². The van der Waals surface area contributed by atoms with Gasteiger partial charge in [0, 0.05) is 30.7 Å². The molecule has 0 unspecified atom stereocenters. The Bertz CT molecular complexity index is 1030. The second-order valence-electron chi connectivity index (χ2n) is 6.57. The third-order valence-corrected chi connectivity index (χ3v) is 6.90. The Hall–Kier alpha value is -2.39. The minimum Gasteiger partial charge on any atom is -0.495 e. The van der Waals surface area contributed by atoms with E-state index in [1.807, 2.05) is 18.2 Å². The Balaban J connectivity index is 1.74. The molecule has 1 amide bonds. The number of nitrogens with one attached hydrogen (secondary N) is 1. The van der Waals surface area contributed by atoms with Crippen LogP contribution < -0.4 is 10.1 Å². The molecular weight excluding hydrogens is 428 g/mol. The minimum atomic E-state index is -3.74. The number of methoxy groups -OCH3 is 1. The van der Waals surface area contributed by atoms with Crippen molar-refractivity contribution < 1.29 is 22.7 Å². The molecule has 2 aromatic rings. The van der Waals surface area contributed by atoms with Crippen molar-refractivity contribution in [1.82, 2.24) is 9.62 Å². The smallest absolute Gasteiger partial charge is 0.246 e. The maximum Gasteiger partial charge on any atom is 0.246 e. The number of benzene rings is 2. The van der Waals surface area contributed by atoms with Gasteiger partial charge in [-0.05, 0) is 35.4 Å². The van der Waals surface area contributed by atoms with Crippen molar-refractivity contribution in [1.29, 1.82) is 0 Å². The van der Waals surface area contributed by atoms with Gasteiger partial charge in [-0.1, -0.05) is 35.9 Å². The first-order valence-electron chi connectivity index (χ1n) is 9.37. The highest BCUT2D eigenvalue weighted by Crippen LogP contribution is 2.28. The molecule has 1 aliphatic rings. The van der Waals surface area contributed by atoms with Crippen molar-refractivity contribution in [3.8, 4) is 5.75 Å². The summed E-state index contributed by atoms with van der Waals surface area (Å²) >= 11 is 6.08. The molecule has 1 fully saturated rings. The van der Waals surface area contributed by atoms with Crippen LogP contribution in [0.5, 0.6) is 5.75 Å². The summed E-state index contributed by atoms with van der Waals surface area (Å²) < 4.78 is 37.9. The Morgan fingerprint density at radius 2 is 1.97 bits per heavy atom. The molecule has 0 saturated carbocycles. The maximum atomic E-state index is 13.0. The molecule has 1 N–H and O–H groups in total. The molecule has 3 rings (SSSR count). The highest BCUT2D eigenvalue weighted by molar-refractivity contribution is 7.89. The molecule has 0 aromatic heterocycles. The van der Waals surface area contributed by atoms with Crippen LogP contribution in [0.25, 0.3) is 6.08 Å². The van der Waals surface area contributed by atoms with E-state index in [9.17, 15) is 13.2 Å². The summed E-state index contributed by atoms with van der Waals surface area (Å²) in [5.41, 5.74) is 1.37. The van der Waals surface area contributed by atoms with Crippen LogP contribution in [0.15, 0.2) is 53.4 Å². The van der Waals surface area contributed by atoms with Crippen molar-refractivity contribution in [2.24, 2.45) is 0 Å². The molecular formula is C21H23ClN2O5S. The van der Waals surface area contributed by atoms with E-state index in [1.54, 1.807) is 24.3 Å². The van der Waals surface area contributed by atoms with E-state index in [4.69, 9.17) is 21.1 Å². The maximum absolute atomic E-state index is 13.0. The monoisotopic (exact) mass is 450 g/mol. The van der Waals surface area contributed by atoms with Crippen LogP contribution in [-0.2, 0) is 26.1 Å². The van der Waals surface area contributed by atoms with Gasteiger partial charge < -0.3 is 14.8 Å². The normalized spacial score (nSPS) is 15.3. The van der Waals surface area contributed by atoms with Crippen molar-refractivity contribution in [3.05, 3.63) is 64.7 Å². The summed E-state index contributed by atoms with van der Waals surface area (Å²) in [4.78, 5) is 12.2. The summed E-state index contributed by atoms with van der Waals surface area (Å²) in [6.07, 6.45) is 2.91. The number of amides is 1. The van der Waals surface area contributed by atoms with Gasteiger partial charge >= 0.3 is 0 Å². The average Bonchev–Trinajstić information content (AvgIpc) is 2.77. The summed E-state index contributed by atoms with van der Waals surface area (Å²) in [6.45, 7) is 1.58. The standard InChI is InChI=1S/C21H23ClN2O5S/c1-28-19-8-6-16(14-20(19)30(26,27)24-10-12-29-13-11-24)7-9-21(25)23-15-17-4-2-3-5-18(17)22/h2-9,14H,10-13,15H2,1H3,(H,23,25)/b9-7+. The number of morpholine rings is 1. The molecule has 0 atom stereocenters. The SMILES string of the molecule is COc1ccc(/C=C/C(=O)NCc2ccccc2Cl)cc1S(=O)(=O)N1CCOCC1. The quantitative estimate of drug-likeness (QED) is 0.655. The Kier molecular flexibility index (Phi) is 7.49. The molecule has 160 valence electrons. The van der Waals surface area contributed by atoms with Gasteiger partial charge in [0.25, 0.3) is 0 Å². The van der Waals surface area contributed by atoms with E-state index >= 15 is 0 Å². The van der Waals surface area contributed by atoms with Crippen LogP contribution in [0.2, 0.25) is 5.02 Å². The van der Waals surface area contributed by atoms with Gasteiger partial charge in [-0.15, -0.1) is 0 Å². The predicted molar refractivity (Wildman–Crippen MR) is 115 cm³/mol. The van der Waals surface area contributed by atoms with Crippen LogP contribution in [0.1, 0.15) is 11.1 Å². The number of hydrogen-bond donors (Lipinski definition) is 1. The van der Waals surface area contributed by atoms with E-state index in [0.717, 1.165) is 5.56 Å². The highest BCUT2D eigenvalue weighted by atomic mass is 35.5. The first-order chi connectivity index (χ1) is 14.4. The number of hydrogen-bond acceptors (Lipinski definition) is 5. The van der Waals surface area contributed by atoms with E-state index < -0.39 is 10.0 Å². The van der Waals surface area contributed by atoms with Gasteiger partial charge in [0.2, 0.25) is 15.9 Å². The van der Waals surface area contributed by atoms with E-state index in [2.05, 4.69) is 5.32 Å². The molecule has 0 aliphatic carbocycles. The fourth-order valence-corrected chi connectivity index (χ4v) is 4.78. The number of nitrogens with zero attached hydrogens (tertiary/aromatic N) is 1. The third kappa shape index (κ3) is 5.40. The number of sulfonamides is 1. The number of rotatable bonds is 7. The highest BCUT2D eigenvalue weighted by Gasteiger charge is 2.29. The zero-order valence-electron chi connectivity index (χ0n) is 16.5. The van der Waals surface area contributed by atoms with Gasteiger partial charge in [0.05, 0.1) is 20.3 Å². The lowest BCUT2D eigenvalue weighted by Gasteiger charge is -2.26. The van der Waals surface area contributed by atoms with Crippen LogP contribution in [0.3, 0.4) is 0 Å². The average molecular weight is 451 g/mol. The number of carbonyl (C=O) groups excluding carboxylic acids is 1. The van der Waals surface area contributed by atoms with Crippen molar-refractivity contribution in [2.75, 3.05) is 33.4 Å². The van der Waals surface area contributed by atoms with Gasteiger partial charge in [-0.25, -0.2) is 8.42 Å². The summed E-state index contributed by atoms with van der Waals surface area (Å²) in [6, 6.07) is 12.0. The third-order valence-electron chi connectivity index (χ3n) is 4.61. The molecule has 30 heavy (non-hydrogen) atoms. The lowest BCUT2D eigenvalue weighted by Crippen LogP contribution is -2.40. The van der Waals surface area contributed by atoms with Crippen molar-refractivity contribution in [3.63, 3.8) is 0 Å². The molecule has 1 saturated heterocycles. The van der Waals surface area contributed by atoms with Crippen LogP contribution in [0.4, 0.5) is 0 Å². The van der Waals surface area contributed by atoms with Crippen molar-refractivity contribution >= 4 is 33.6 Å². The Morgan fingerprint density at radius 1 is 1.23 bits per heavy atom. The van der Waals surface area contributed by atoms with E-state index in [0.29, 0.717) is 30.3 Å². The number of carbonyl (C=O) groups is 1. The predicted octanol–water partition coefficient (Wildman–Crippen LogP) is 2.70. The fourth-order valence-electron chi connectivity index (χ4n) is 2.98. The van der Waals surface area contributed by atoms with Crippen LogP contribution >= 0.6 is 11.6 Å². The molecule has 0 radical (unpaired) electrons. The summed E-state index contributed by atoms with van der Waals surface area (Å²) in [5.74, 6) is -0.0647. The number of halogens is 1. The molecule has 2 aromatic carbocycles. The molecule has 0 spiro atoms. The lowest BCUT2D eigenvalue weighted by molar-refractivity contribution is -0.116. The molecule has 9 heteroatoms. The zero-order chi connectivity index (χ0) is 21.6. The second kappa shape index (κ2) is 10.1. The van der Waals surface area contributed by atoms with E-state index in [1.165, 1.54) is 23.6 Å². The van der Waals surface area contributed by atoms with Gasteiger partial charge in [-0.3, -0.25) is 4.79 Å².